The van der Waals surface area contributed by atoms with Gasteiger partial charge in [-0.15, -0.1) is 11.3 Å². The van der Waals surface area contributed by atoms with E-state index < -0.39 is 5.97 Å². The smallest absolute Gasteiger partial charge is 0.309 e. The molecule has 0 saturated heterocycles. The molecule has 1 rings (SSSR count). The van der Waals surface area contributed by atoms with Crippen molar-refractivity contribution in [1.82, 2.24) is 4.98 Å². The number of unbranched alkanes of at least 4 members (excludes halogenated alkanes) is 2. The summed E-state index contributed by atoms with van der Waals surface area (Å²) in [6, 6.07) is 0. The number of carbonyl (C=O) groups is 1. The molecule has 4 heteroatoms. The van der Waals surface area contributed by atoms with E-state index >= 15 is 0 Å². The zero-order valence-corrected chi connectivity index (χ0v) is 9.14. The second-order valence-electron chi connectivity index (χ2n) is 3.26. The molecule has 14 heavy (non-hydrogen) atoms. The van der Waals surface area contributed by atoms with Crippen molar-refractivity contribution in [3.05, 3.63) is 16.1 Å². The van der Waals surface area contributed by atoms with Gasteiger partial charge in [0.2, 0.25) is 0 Å². The summed E-state index contributed by atoms with van der Waals surface area (Å²) in [7, 11) is 0. The van der Waals surface area contributed by atoms with Crippen LogP contribution in [0.5, 0.6) is 0 Å². The van der Waals surface area contributed by atoms with Gasteiger partial charge in [-0.1, -0.05) is 19.8 Å². The van der Waals surface area contributed by atoms with Crippen LogP contribution in [0.1, 0.15) is 36.9 Å². The number of hydrogen-bond acceptors (Lipinski definition) is 3. The monoisotopic (exact) mass is 213 g/mol. The van der Waals surface area contributed by atoms with E-state index in [9.17, 15) is 4.79 Å². The Morgan fingerprint density at radius 3 is 3.00 bits per heavy atom. The Hall–Kier alpha value is -0.900. The maximum atomic E-state index is 10.4. The molecule has 3 nitrogen and oxygen atoms in total. The highest BCUT2D eigenvalue weighted by atomic mass is 32.1. The molecule has 1 heterocycles. The molecule has 0 amide bonds. The highest BCUT2D eigenvalue weighted by Crippen LogP contribution is 2.13. The van der Waals surface area contributed by atoms with Crippen molar-refractivity contribution in [2.24, 2.45) is 0 Å². The van der Waals surface area contributed by atoms with Crippen molar-refractivity contribution >= 4 is 17.3 Å². The Kier molecular flexibility index (Phi) is 4.59. The summed E-state index contributed by atoms with van der Waals surface area (Å²) >= 11 is 1.57. The SMILES string of the molecule is CCCCCc1nc(CC(=O)O)cs1. The van der Waals surface area contributed by atoms with E-state index in [-0.39, 0.29) is 6.42 Å². The van der Waals surface area contributed by atoms with Gasteiger partial charge in [-0.05, 0) is 12.8 Å². The lowest BCUT2D eigenvalue weighted by Crippen LogP contribution is -2.00. The summed E-state index contributed by atoms with van der Waals surface area (Å²) in [6.07, 6.45) is 4.60. The van der Waals surface area contributed by atoms with Crippen molar-refractivity contribution in [1.29, 1.82) is 0 Å². The molecule has 0 unspecified atom stereocenters. The Balaban J connectivity index is 2.38. The minimum absolute atomic E-state index is 0.0459. The maximum absolute atomic E-state index is 10.4. The van der Waals surface area contributed by atoms with Gasteiger partial charge in [-0.3, -0.25) is 4.79 Å². The first-order valence-corrected chi connectivity index (χ1v) is 5.75. The van der Waals surface area contributed by atoms with Crippen molar-refractivity contribution in [2.75, 3.05) is 0 Å². The van der Waals surface area contributed by atoms with Gasteiger partial charge < -0.3 is 5.11 Å². The van der Waals surface area contributed by atoms with Gasteiger partial charge in [-0.2, -0.15) is 0 Å². The molecule has 0 aliphatic carbocycles. The molecule has 1 aromatic rings. The number of thiazole rings is 1. The number of carboxylic acids is 1. The lowest BCUT2D eigenvalue weighted by molar-refractivity contribution is -0.136. The summed E-state index contributed by atoms with van der Waals surface area (Å²) < 4.78 is 0. The quantitative estimate of drug-likeness (QED) is 0.739. The van der Waals surface area contributed by atoms with Crippen LogP contribution in [0.4, 0.5) is 0 Å². The van der Waals surface area contributed by atoms with Gasteiger partial charge in [-0.25, -0.2) is 4.98 Å². The number of aryl methyl sites for hydroxylation is 1. The molecule has 1 N–H and O–H groups in total. The molecule has 0 aliphatic heterocycles. The van der Waals surface area contributed by atoms with Crippen molar-refractivity contribution in [3.8, 4) is 0 Å². The van der Waals surface area contributed by atoms with E-state index in [0.29, 0.717) is 5.69 Å². The molecule has 0 spiro atoms. The summed E-state index contributed by atoms with van der Waals surface area (Å²) in [6.45, 7) is 2.16. The van der Waals surface area contributed by atoms with Gasteiger partial charge in [0.15, 0.2) is 0 Å². The van der Waals surface area contributed by atoms with Crippen LogP contribution >= 0.6 is 11.3 Å². The lowest BCUT2D eigenvalue weighted by atomic mass is 10.2. The molecule has 0 saturated carbocycles. The second kappa shape index (κ2) is 5.75. The van der Waals surface area contributed by atoms with E-state index in [1.54, 1.807) is 11.3 Å². The van der Waals surface area contributed by atoms with E-state index in [1.807, 2.05) is 5.38 Å². The molecule has 78 valence electrons. The summed E-state index contributed by atoms with van der Waals surface area (Å²) in [4.78, 5) is 14.7. The van der Waals surface area contributed by atoms with Crippen molar-refractivity contribution in [3.63, 3.8) is 0 Å². The zero-order valence-electron chi connectivity index (χ0n) is 8.32. The predicted octanol–water partition coefficient (Wildman–Crippen LogP) is 2.50. The van der Waals surface area contributed by atoms with E-state index in [2.05, 4.69) is 11.9 Å². The van der Waals surface area contributed by atoms with Crippen LogP contribution in [0.2, 0.25) is 0 Å². The van der Waals surface area contributed by atoms with Crippen LogP contribution in [0.25, 0.3) is 0 Å². The minimum atomic E-state index is -0.810. The number of nitrogens with zero attached hydrogens (tertiary/aromatic N) is 1. The van der Waals surface area contributed by atoms with Crippen LogP contribution in [0, 0.1) is 0 Å². The first-order valence-electron chi connectivity index (χ1n) is 4.87. The highest BCUT2D eigenvalue weighted by Gasteiger charge is 2.05. The third kappa shape index (κ3) is 3.87. The second-order valence-corrected chi connectivity index (χ2v) is 4.20. The fourth-order valence-corrected chi connectivity index (χ4v) is 2.07. The average Bonchev–Trinajstić information content (AvgIpc) is 2.52. The van der Waals surface area contributed by atoms with Gasteiger partial charge in [0, 0.05) is 5.38 Å². The Bertz CT molecular complexity index is 296. The maximum Gasteiger partial charge on any atom is 0.309 e. The Morgan fingerprint density at radius 1 is 1.57 bits per heavy atom. The van der Waals surface area contributed by atoms with E-state index in [4.69, 9.17) is 5.11 Å². The van der Waals surface area contributed by atoms with Crippen LogP contribution in [-0.4, -0.2) is 16.1 Å². The predicted molar refractivity (Wildman–Crippen MR) is 56.7 cm³/mol. The number of hydrogen-bond donors (Lipinski definition) is 1. The summed E-state index contributed by atoms with van der Waals surface area (Å²) in [5.41, 5.74) is 0.689. The Morgan fingerprint density at radius 2 is 2.36 bits per heavy atom. The topological polar surface area (TPSA) is 50.2 Å². The largest absolute Gasteiger partial charge is 0.481 e. The molecule has 0 bridgehead atoms. The fraction of sp³-hybridized carbons (Fsp3) is 0.600. The molecule has 0 radical (unpaired) electrons. The number of aromatic nitrogens is 1. The number of rotatable bonds is 6. The summed E-state index contributed by atoms with van der Waals surface area (Å²) in [5.74, 6) is -0.810. The highest BCUT2D eigenvalue weighted by molar-refractivity contribution is 7.09. The third-order valence-electron chi connectivity index (χ3n) is 1.93. The van der Waals surface area contributed by atoms with Gasteiger partial charge in [0.25, 0.3) is 0 Å². The van der Waals surface area contributed by atoms with E-state index in [0.717, 1.165) is 17.8 Å². The standard InChI is InChI=1S/C10H15NO2S/c1-2-3-4-5-9-11-8(7-14-9)6-10(12)13/h7H,2-6H2,1H3,(H,12,13). The third-order valence-corrected chi connectivity index (χ3v) is 2.88. The summed E-state index contributed by atoms with van der Waals surface area (Å²) in [5, 5.41) is 11.5. The van der Waals surface area contributed by atoms with Crippen LogP contribution in [-0.2, 0) is 17.6 Å². The van der Waals surface area contributed by atoms with Crippen LogP contribution in [0.3, 0.4) is 0 Å². The molecule has 0 aromatic carbocycles. The van der Waals surface area contributed by atoms with Crippen molar-refractivity contribution in [2.45, 2.75) is 39.0 Å². The number of aliphatic carboxylic acids is 1. The normalized spacial score (nSPS) is 10.4. The van der Waals surface area contributed by atoms with Crippen LogP contribution in [0.15, 0.2) is 5.38 Å². The Labute approximate surface area is 87.8 Å². The first-order chi connectivity index (χ1) is 6.72. The molecule has 1 aromatic heterocycles. The van der Waals surface area contributed by atoms with E-state index in [1.165, 1.54) is 12.8 Å². The first kappa shape index (κ1) is 11.2. The molecule has 0 fully saturated rings. The molecular weight excluding hydrogens is 198 g/mol. The molecule has 0 atom stereocenters. The lowest BCUT2D eigenvalue weighted by Gasteiger charge is -1.93. The number of carboxylic acid groups (broad SMARTS) is 1. The van der Waals surface area contributed by atoms with Gasteiger partial charge in [0.1, 0.15) is 0 Å². The van der Waals surface area contributed by atoms with Gasteiger partial charge >= 0.3 is 5.97 Å². The minimum Gasteiger partial charge on any atom is -0.481 e. The molecule has 0 aliphatic rings. The fourth-order valence-electron chi connectivity index (χ4n) is 1.23. The zero-order chi connectivity index (χ0) is 10.4. The van der Waals surface area contributed by atoms with Gasteiger partial charge in [0.05, 0.1) is 17.1 Å². The van der Waals surface area contributed by atoms with Crippen molar-refractivity contribution < 1.29 is 9.90 Å². The average molecular weight is 213 g/mol. The molecular formula is C10H15NO2S. The van der Waals surface area contributed by atoms with Crippen LogP contribution < -0.4 is 0 Å².